The number of aryl methyl sites for hydroxylation is 1. The van der Waals surface area contributed by atoms with E-state index in [1.165, 1.54) is 18.4 Å². The Balaban J connectivity index is 0.000000337. The van der Waals surface area contributed by atoms with E-state index in [4.69, 9.17) is 9.47 Å². The smallest absolute Gasteiger partial charge is 0.231 e. The van der Waals surface area contributed by atoms with Gasteiger partial charge in [-0.3, -0.25) is 0 Å². The Labute approximate surface area is 92.2 Å². The molecule has 1 heterocycles. The molecule has 1 aromatic carbocycles. The molecule has 0 N–H and O–H groups in total. The van der Waals surface area contributed by atoms with Crippen molar-refractivity contribution in [3.8, 4) is 11.5 Å². The molecule has 0 unspecified atom stereocenters. The minimum Gasteiger partial charge on any atom is -0.454 e. The Kier molecular flexibility index (Phi) is 5.02. The van der Waals surface area contributed by atoms with Gasteiger partial charge in [0.25, 0.3) is 0 Å². The minimum absolute atomic E-state index is 0.366. The van der Waals surface area contributed by atoms with Crippen molar-refractivity contribution in [1.82, 2.24) is 0 Å². The Hall–Kier alpha value is -1.18. The summed E-state index contributed by atoms with van der Waals surface area (Å²) < 4.78 is 10.5. The summed E-state index contributed by atoms with van der Waals surface area (Å²) in [5, 5.41) is 0. The molecule has 0 amide bonds. The van der Waals surface area contributed by atoms with Crippen LogP contribution in [-0.4, -0.2) is 6.79 Å². The van der Waals surface area contributed by atoms with Gasteiger partial charge in [-0.15, -0.1) is 0 Å². The predicted octanol–water partition coefficient (Wildman–Crippen LogP) is 3.78. The van der Waals surface area contributed by atoms with E-state index in [2.05, 4.69) is 32.9 Å². The summed E-state index contributed by atoms with van der Waals surface area (Å²) in [5.41, 5.74) is 1.32. The van der Waals surface area contributed by atoms with Crippen molar-refractivity contribution >= 4 is 0 Å². The Bertz CT molecular complexity index is 295. The largest absolute Gasteiger partial charge is 0.454 e. The zero-order valence-corrected chi connectivity index (χ0v) is 9.88. The van der Waals surface area contributed by atoms with Crippen LogP contribution in [-0.2, 0) is 6.42 Å². The highest BCUT2D eigenvalue weighted by Gasteiger charge is 2.12. The number of benzene rings is 1. The van der Waals surface area contributed by atoms with Gasteiger partial charge in [0.05, 0.1) is 0 Å². The molecule has 0 aromatic heterocycles. The van der Waals surface area contributed by atoms with E-state index in [0.717, 1.165) is 17.9 Å². The molecule has 1 aliphatic heterocycles. The van der Waals surface area contributed by atoms with Crippen LogP contribution in [0.15, 0.2) is 18.2 Å². The Morgan fingerprint density at radius 1 is 1.07 bits per heavy atom. The molecule has 15 heavy (non-hydrogen) atoms. The fourth-order valence-electron chi connectivity index (χ4n) is 1.39. The number of rotatable bonds is 2. The van der Waals surface area contributed by atoms with Gasteiger partial charge in [-0.1, -0.05) is 39.7 Å². The Morgan fingerprint density at radius 2 is 1.73 bits per heavy atom. The summed E-state index contributed by atoms with van der Waals surface area (Å²) in [6, 6.07) is 6.14. The van der Waals surface area contributed by atoms with E-state index >= 15 is 0 Å². The molecule has 1 aliphatic rings. The van der Waals surface area contributed by atoms with Crippen LogP contribution < -0.4 is 9.47 Å². The van der Waals surface area contributed by atoms with E-state index in [1.54, 1.807) is 0 Å². The van der Waals surface area contributed by atoms with Crippen LogP contribution in [0.2, 0.25) is 0 Å². The van der Waals surface area contributed by atoms with Crippen LogP contribution in [0, 0.1) is 0 Å². The lowest BCUT2D eigenvalue weighted by Crippen LogP contribution is -1.92. The van der Waals surface area contributed by atoms with Crippen molar-refractivity contribution < 1.29 is 9.47 Å². The summed E-state index contributed by atoms with van der Waals surface area (Å²) in [7, 11) is 0. The molecule has 0 fully saturated rings. The van der Waals surface area contributed by atoms with Gasteiger partial charge in [-0.2, -0.15) is 0 Å². The van der Waals surface area contributed by atoms with Crippen molar-refractivity contribution in [2.75, 3.05) is 6.79 Å². The molecule has 0 radical (unpaired) electrons. The van der Waals surface area contributed by atoms with Crippen LogP contribution in [0.5, 0.6) is 11.5 Å². The first-order chi connectivity index (χ1) is 7.31. The second kappa shape index (κ2) is 6.33. The maximum atomic E-state index is 5.26. The van der Waals surface area contributed by atoms with Crippen molar-refractivity contribution in [3.05, 3.63) is 23.8 Å². The van der Waals surface area contributed by atoms with Crippen molar-refractivity contribution in [2.45, 2.75) is 40.0 Å². The molecule has 0 spiro atoms. The first kappa shape index (κ1) is 11.9. The fraction of sp³-hybridized carbons (Fsp3) is 0.538. The van der Waals surface area contributed by atoms with Gasteiger partial charge >= 0.3 is 0 Å². The molecule has 2 nitrogen and oxygen atoms in total. The fourth-order valence-corrected chi connectivity index (χ4v) is 1.39. The maximum Gasteiger partial charge on any atom is 0.231 e. The zero-order chi connectivity index (χ0) is 11.1. The average Bonchev–Trinajstić information content (AvgIpc) is 2.66. The molecule has 84 valence electrons. The molecule has 2 rings (SSSR count). The van der Waals surface area contributed by atoms with Crippen LogP contribution in [0.4, 0.5) is 0 Å². The van der Waals surface area contributed by atoms with Crippen molar-refractivity contribution in [1.29, 1.82) is 0 Å². The molecule has 2 heteroatoms. The highest BCUT2D eigenvalue weighted by molar-refractivity contribution is 5.44. The van der Waals surface area contributed by atoms with Gasteiger partial charge in [0.2, 0.25) is 6.79 Å². The van der Waals surface area contributed by atoms with E-state index in [-0.39, 0.29) is 0 Å². The van der Waals surface area contributed by atoms with Gasteiger partial charge in [-0.25, -0.2) is 0 Å². The second-order valence-electron chi connectivity index (χ2n) is 3.64. The second-order valence-corrected chi connectivity index (χ2v) is 3.64. The number of hydrogen-bond donors (Lipinski definition) is 0. The molecule has 0 saturated heterocycles. The molecular weight excluding hydrogens is 188 g/mol. The van der Waals surface area contributed by atoms with Crippen LogP contribution in [0.25, 0.3) is 0 Å². The van der Waals surface area contributed by atoms with Gasteiger partial charge in [0.15, 0.2) is 11.5 Å². The Morgan fingerprint density at radius 3 is 2.40 bits per heavy atom. The topological polar surface area (TPSA) is 18.5 Å². The van der Waals surface area contributed by atoms with E-state index in [1.807, 2.05) is 6.07 Å². The summed E-state index contributed by atoms with van der Waals surface area (Å²) in [5.74, 6) is 1.76. The monoisotopic (exact) mass is 208 g/mol. The standard InChI is InChI=1S/C10H12O2.C3H8/c1-2-3-8-4-5-9-10(6-8)12-7-11-9;1-3-2/h4-6H,2-3,7H2,1H3;3H2,1-2H3. The van der Waals surface area contributed by atoms with Gasteiger partial charge in [-0.05, 0) is 24.1 Å². The average molecular weight is 208 g/mol. The van der Waals surface area contributed by atoms with Crippen molar-refractivity contribution in [2.24, 2.45) is 0 Å². The predicted molar refractivity (Wildman–Crippen MR) is 62.5 cm³/mol. The lowest BCUT2D eigenvalue weighted by atomic mass is 10.1. The molecule has 0 aliphatic carbocycles. The number of hydrogen-bond acceptors (Lipinski definition) is 2. The quantitative estimate of drug-likeness (QED) is 0.736. The molecule has 0 bridgehead atoms. The molecule has 1 aromatic rings. The first-order valence-corrected chi connectivity index (χ1v) is 5.70. The lowest BCUT2D eigenvalue weighted by molar-refractivity contribution is 0.174. The van der Waals surface area contributed by atoms with Gasteiger partial charge < -0.3 is 9.47 Å². The van der Waals surface area contributed by atoms with Crippen LogP contribution >= 0.6 is 0 Å². The normalized spacial score (nSPS) is 11.9. The molecular formula is C13H20O2. The van der Waals surface area contributed by atoms with Crippen molar-refractivity contribution in [3.63, 3.8) is 0 Å². The maximum absolute atomic E-state index is 5.26. The van der Waals surface area contributed by atoms with Gasteiger partial charge in [0.1, 0.15) is 0 Å². The van der Waals surface area contributed by atoms with E-state index in [0.29, 0.717) is 6.79 Å². The minimum atomic E-state index is 0.366. The number of fused-ring (bicyclic) bond motifs is 1. The van der Waals surface area contributed by atoms with Gasteiger partial charge in [0, 0.05) is 0 Å². The lowest BCUT2D eigenvalue weighted by Gasteiger charge is -1.99. The molecule has 0 atom stereocenters. The van der Waals surface area contributed by atoms with E-state index < -0.39 is 0 Å². The molecule has 0 saturated carbocycles. The highest BCUT2D eigenvalue weighted by Crippen LogP contribution is 2.32. The number of ether oxygens (including phenoxy) is 2. The summed E-state index contributed by atoms with van der Waals surface area (Å²) in [6.45, 7) is 6.79. The summed E-state index contributed by atoms with van der Waals surface area (Å²) in [4.78, 5) is 0. The van der Waals surface area contributed by atoms with E-state index in [9.17, 15) is 0 Å². The summed E-state index contributed by atoms with van der Waals surface area (Å²) >= 11 is 0. The third-order valence-corrected chi connectivity index (χ3v) is 1.98. The summed E-state index contributed by atoms with van der Waals surface area (Å²) in [6.07, 6.45) is 3.52. The SMILES string of the molecule is CCC.CCCc1ccc2c(c1)OCO2. The zero-order valence-electron chi connectivity index (χ0n) is 9.88. The third-order valence-electron chi connectivity index (χ3n) is 1.98. The highest BCUT2D eigenvalue weighted by atomic mass is 16.7. The first-order valence-electron chi connectivity index (χ1n) is 5.70. The van der Waals surface area contributed by atoms with Crippen LogP contribution in [0.1, 0.15) is 39.2 Å². The van der Waals surface area contributed by atoms with Crippen LogP contribution in [0.3, 0.4) is 0 Å². The third kappa shape index (κ3) is 3.46.